The van der Waals surface area contributed by atoms with Gasteiger partial charge in [-0.05, 0) is 24.3 Å². The molecule has 2 aromatic rings. The number of carbonyl (C=O) groups is 2. The number of nitrogens with one attached hydrogen (secondary N) is 2. The van der Waals surface area contributed by atoms with E-state index in [9.17, 15) is 9.59 Å². The molecule has 1 aromatic heterocycles. The SMILES string of the molecule is O=C1NC(=O)/C(=C\c2ccnc(N3CCN(c4ccccc4)CC3)n2)N1. The molecule has 0 bridgehead atoms. The van der Waals surface area contributed by atoms with Crippen molar-refractivity contribution in [1.82, 2.24) is 20.6 Å². The fraction of sp³-hybridized carbons (Fsp3) is 0.222. The number of para-hydroxylation sites is 1. The van der Waals surface area contributed by atoms with E-state index in [0.717, 1.165) is 26.2 Å². The summed E-state index contributed by atoms with van der Waals surface area (Å²) < 4.78 is 0. The molecule has 0 saturated carbocycles. The van der Waals surface area contributed by atoms with E-state index in [1.54, 1.807) is 18.3 Å². The number of amides is 3. The van der Waals surface area contributed by atoms with Crippen LogP contribution < -0.4 is 20.4 Å². The molecule has 2 aliphatic heterocycles. The van der Waals surface area contributed by atoms with Gasteiger partial charge < -0.3 is 15.1 Å². The number of rotatable bonds is 3. The van der Waals surface area contributed by atoms with E-state index in [0.29, 0.717) is 11.6 Å². The van der Waals surface area contributed by atoms with Crippen molar-refractivity contribution in [1.29, 1.82) is 0 Å². The van der Waals surface area contributed by atoms with E-state index in [-0.39, 0.29) is 5.70 Å². The van der Waals surface area contributed by atoms with Crippen LogP contribution in [0.15, 0.2) is 48.3 Å². The molecule has 8 heteroatoms. The lowest BCUT2D eigenvalue weighted by Crippen LogP contribution is -2.47. The number of nitrogens with zero attached hydrogens (tertiary/aromatic N) is 4. The van der Waals surface area contributed by atoms with E-state index < -0.39 is 11.9 Å². The molecular weight excluding hydrogens is 332 g/mol. The Labute approximate surface area is 150 Å². The molecule has 8 nitrogen and oxygen atoms in total. The van der Waals surface area contributed by atoms with Crippen LogP contribution in [0.4, 0.5) is 16.4 Å². The molecule has 0 radical (unpaired) electrons. The van der Waals surface area contributed by atoms with Crippen molar-refractivity contribution < 1.29 is 9.59 Å². The second-order valence-corrected chi connectivity index (χ2v) is 6.06. The van der Waals surface area contributed by atoms with E-state index >= 15 is 0 Å². The third-order valence-corrected chi connectivity index (χ3v) is 4.36. The fourth-order valence-corrected chi connectivity index (χ4v) is 3.03. The third-order valence-electron chi connectivity index (χ3n) is 4.36. The van der Waals surface area contributed by atoms with Crippen molar-refractivity contribution >= 4 is 29.7 Å². The van der Waals surface area contributed by atoms with Crippen LogP contribution in [0.25, 0.3) is 6.08 Å². The Balaban J connectivity index is 1.45. The van der Waals surface area contributed by atoms with Crippen molar-refractivity contribution in [3.05, 3.63) is 54.0 Å². The molecule has 3 amide bonds. The zero-order valence-electron chi connectivity index (χ0n) is 14.1. The molecule has 0 spiro atoms. The van der Waals surface area contributed by atoms with Crippen LogP contribution in [0.1, 0.15) is 5.69 Å². The van der Waals surface area contributed by atoms with E-state index in [4.69, 9.17) is 0 Å². The first kappa shape index (κ1) is 16.1. The van der Waals surface area contributed by atoms with Crippen molar-refractivity contribution in [3.8, 4) is 0 Å². The Bertz CT molecular complexity index is 859. The fourth-order valence-electron chi connectivity index (χ4n) is 3.03. The Morgan fingerprint density at radius 1 is 0.923 bits per heavy atom. The summed E-state index contributed by atoms with van der Waals surface area (Å²) in [6.45, 7) is 3.40. The first-order valence-corrected chi connectivity index (χ1v) is 8.41. The number of anilines is 2. The minimum atomic E-state index is -0.521. The highest BCUT2D eigenvalue weighted by molar-refractivity contribution is 6.13. The smallest absolute Gasteiger partial charge is 0.326 e. The van der Waals surface area contributed by atoms with Crippen LogP contribution in [-0.4, -0.2) is 48.1 Å². The van der Waals surface area contributed by atoms with Crippen LogP contribution in [0.2, 0.25) is 0 Å². The van der Waals surface area contributed by atoms with Gasteiger partial charge in [-0.2, -0.15) is 0 Å². The molecule has 2 fully saturated rings. The number of piperazine rings is 1. The number of benzene rings is 1. The molecule has 2 aliphatic rings. The lowest BCUT2D eigenvalue weighted by atomic mass is 10.2. The highest BCUT2D eigenvalue weighted by Crippen LogP contribution is 2.18. The number of carbonyl (C=O) groups excluding carboxylic acids is 2. The van der Waals surface area contributed by atoms with Gasteiger partial charge >= 0.3 is 6.03 Å². The quantitative estimate of drug-likeness (QED) is 0.634. The second-order valence-electron chi connectivity index (χ2n) is 6.06. The van der Waals surface area contributed by atoms with Gasteiger partial charge in [0.1, 0.15) is 5.70 Å². The van der Waals surface area contributed by atoms with Crippen LogP contribution in [-0.2, 0) is 4.79 Å². The number of aromatic nitrogens is 2. The molecule has 0 unspecified atom stereocenters. The molecule has 26 heavy (non-hydrogen) atoms. The molecule has 0 atom stereocenters. The van der Waals surface area contributed by atoms with Gasteiger partial charge in [0.2, 0.25) is 5.95 Å². The maximum absolute atomic E-state index is 11.6. The molecule has 3 heterocycles. The number of imide groups is 1. The van der Waals surface area contributed by atoms with Crippen LogP contribution in [0, 0.1) is 0 Å². The molecule has 132 valence electrons. The Morgan fingerprint density at radius 3 is 2.35 bits per heavy atom. The number of hydrogen-bond acceptors (Lipinski definition) is 6. The van der Waals surface area contributed by atoms with Crippen LogP contribution in [0.5, 0.6) is 0 Å². The lowest BCUT2D eigenvalue weighted by molar-refractivity contribution is -0.115. The summed E-state index contributed by atoms with van der Waals surface area (Å²) in [5.74, 6) is 0.170. The number of hydrogen-bond donors (Lipinski definition) is 2. The van der Waals surface area contributed by atoms with Gasteiger partial charge in [0.05, 0.1) is 5.69 Å². The summed E-state index contributed by atoms with van der Waals surface area (Å²) >= 11 is 0. The Morgan fingerprint density at radius 2 is 1.65 bits per heavy atom. The van der Waals surface area contributed by atoms with Crippen LogP contribution in [0.3, 0.4) is 0 Å². The summed E-state index contributed by atoms with van der Waals surface area (Å²) in [7, 11) is 0. The zero-order valence-corrected chi connectivity index (χ0v) is 14.1. The maximum Gasteiger partial charge on any atom is 0.326 e. The Hall–Kier alpha value is -3.42. The van der Waals surface area contributed by atoms with Gasteiger partial charge in [-0.15, -0.1) is 0 Å². The molecule has 4 rings (SSSR count). The predicted octanol–water partition coefficient (Wildman–Crippen LogP) is 0.983. The van der Waals surface area contributed by atoms with E-state index in [1.165, 1.54) is 5.69 Å². The molecule has 2 N–H and O–H groups in total. The van der Waals surface area contributed by atoms with Crippen LogP contribution >= 0.6 is 0 Å². The van der Waals surface area contributed by atoms with E-state index in [1.807, 2.05) is 18.2 Å². The van der Waals surface area contributed by atoms with Gasteiger partial charge in [-0.25, -0.2) is 14.8 Å². The van der Waals surface area contributed by atoms with Crippen molar-refractivity contribution in [2.75, 3.05) is 36.0 Å². The van der Waals surface area contributed by atoms with Crippen molar-refractivity contribution in [2.45, 2.75) is 0 Å². The summed E-state index contributed by atoms with van der Waals surface area (Å²) in [5, 5.41) is 4.62. The summed E-state index contributed by atoms with van der Waals surface area (Å²) in [5.41, 5.74) is 1.98. The minimum Gasteiger partial charge on any atom is -0.368 e. The highest BCUT2D eigenvalue weighted by atomic mass is 16.2. The topological polar surface area (TPSA) is 90.5 Å². The lowest BCUT2D eigenvalue weighted by Gasteiger charge is -2.36. The monoisotopic (exact) mass is 350 g/mol. The Kier molecular flexibility index (Phi) is 4.22. The molecular formula is C18H18N6O2. The molecule has 0 aliphatic carbocycles. The number of urea groups is 1. The predicted molar refractivity (Wildman–Crippen MR) is 97.6 cm³/mol. The third kappa shape index (κ3) is 3.34. The van der Waals surface area contributed by atoms with E-state index in [2.05, 4.69) is 42.5 Å². The average molecular weight is 350 g/mol. The minimum absolute atomic E-state index is 0.188. The van der Waals surface area contributed by atoms with Gasteiger partial charge in [-0.3, -0.25) is 10.1 Å². The summed E-state index contributed by atoms with van der Waals surface area (Å²) in [6.07, 6.45) is 3.21. The molecule has 2 saturated heterocycles. The average Bonchev–Trinajstić information content (AvgIpc) is 3.00. The first-order chi connectivity index (χ1) is 12.7. The maximum atomic E-state index is 11.6. The largest absolute Gasteiger partial charge is 0.368 e. The van der Waals surface area contributed by atoms with Gasteiger partial charge in [-0.1, -0.05) is 18.2 Å². The van der Waals surface area contributed by atoms with Gasteiger partial charge in [0.15, 0.2) is 0 Å². The summed E-state index contributed by atoms with van der Waals surface area (Å²) in [4.78, 5) is 36.1. The van der Waals surface area contributed by atoms with Crippen molar-refractivity contribution in [2.24, 2.45) is 0 Å². The first-order valence-electron chi connectivity index (χ1n) is 8.41. The summed E-state index contributed by atoms with van der Waals surface area (Å²) in [6, 6.07) is 11.5. The standard InChI is InChI=1S/C18H18N6O2/c25-16-15(21-18(26)22-16)12-13-6-7-19-17(20-13)24-10-8-23(9-11-24)14-4-2-1-3-5-14/h1-7,12H,8-11H2,(H2,21,22,25,26)/b15-12+. The molecule has 1 aromatic carbocycles. The second kappa shape index (κ2) is 6.83. The zero-order chi connectivity index (χ0) is 17.9. The van der Waals surface area contributed by atoms with Gasteiger partial charge in [0.25, 0.3) is 5.91 Å². The van der Waals surface area contributed by atoms with Crippen molar-refractivity contribution in [3.63, 3.8) is 0 Å². The normalized spacial score (nSPS) is 18.8. The van der Waals surface area contributed by atoms with Gasteiger partial charge in [0, 0.05) is 38.1 Å². The highest BCUT2D eigenvalue weighted by Gasteiger charge is 2.23.